The first-order valence-electron chi connectivity index (χ1n) is 8.26. The molecule has 8 heteroatoms. The van der Waals surface area contributed by atoms with Crippen LogP contribution in [-0.2, 0) is 20.7 Å². The number of carbonyl (C=O) groups is 2. The van der Waals surface area contributed by atoms with Gasteiger partial charge in [0, 0.05) is 5.02 Å². The van der Waals surface area contributed by atoms with Gasteiger partial charge in [0.05, 0.1) is 12.1 Å². The zero-order valence-electron chi connectivity index (χ0n) is 14.5. The number of carbonyl (C=O) groups excluding carboxylic acids is 2. The molecule has 1 aliphatic heterocycles. The molecular formula is C19H17ClFNO5. The van der Waals surface area contributed by atoms with Gasteiger partial charge in [0.25, 0.3) is 5.91 Å². The minimum absolute atomic E-state index is 0.0381. The van der Waals surface area contributed by atoms with Gasteiger partial charge in [0.1, 0.15) is 19.0 Å². The highest BCUT2D eigenvalue weighted by atomic mass is 35.5. The van der Waals surface area contributed by atoms with E-state index in [1.165, 1.54) is 19.1 Å². The lowest BCUT2D eigenvalue weighted by molar-refractivity contribution is -0.152. The van der Waals surface area contributed by atoms with Crippen LogP contribution < -0.4 is 14.8 Å². The van der Waals surface area contributed by atoms with Crippen LogP contribution in [0.5, 0.6) is 11.5 Å². The highest BCUT2D eigenvalue weighted by Crippen LogP contribution is 2.31. The molecule has 1 atom stereocenters. The molecule has 2 aromatic rings. The van der Waals surface area contributed by atoms with Crippen LogP contribution in [0, 0.1) is 5.82 Å². The first-order valence-corrected chi connectivity index (χ1v) is 8.64. The second kappa shape index (κ2) is 8.26. The largest absolute Gasteiger partial charge is 0.486 e. The van der Waals surface area contributed by atoms with Crippen molar-refractivity contribution in [2.24, 2.45) is 0 Å². The van der Waals surface area contributed by atoms with Crippen molar-refractivity contribution in [1.82, 2.24) is 0 Å². The van der Waals surface area contributed by atoms with Crippen LogP contribution in [0.25, 0.3) is 0 Å². The molecule has 0 aliphatic carbocycles. The maximum atomic E-state index is 13.7. The Morgan fingerprint density at radius 2 is 1.93 bits per heavy atom. The molecule has 0 aromatic heterocycles. The second-order valence-electron chi connectivity index (χ2n) is 5.90. The van der Waals surface area contributed by atoms with E-state index in [0.29, 0.717) is 30.3 Å². The molecule has 1 amide bonds. The zero-order chi connectivity index (χ0) is 19.4. The van der Waals surface area contributed by atoms with E-state index in [-0.39, 0.29) is 17.1 Å². The van der Waals surface area contributed by atoms with Gasteiger partial charge in [-0.15, -0.1) is 0 Å². The summed E-state index contributed by atoms with van der Waals surface area (Å²) < 4.78 is 29.7. The topological polar surface area (TPSA) is 73.9 Å². The number of anilines is 1. The first kappa shape index (κ1) is 19.0. The normalized spacial score (nSPS) is 13.6. The molecule has 0 bridgehead atoms. The van der Waals surface area contributed by atoms with Gasteiger partial charge in [-0.2, -0.15) is 0 Å². The quantitative estimate of drug-likeness (QED) is 0.788. The van der Waals surface area contributed by atoms with E-state index >= 15 is 0 Å². The van der Waals surface area contributed by atoms with Gasteiger partial charge >= 0.3 is 5.97 Å². The molecule has 1 aliphatic rings. The van der Waals surface area contributed by atoms with Crippen LogP contribution in [-0.4, -0.2) is 31.2 Å². The van der Waals surface area contributed by atoms with Gasteiger partial charge in [0.15, 0.2) is 17.6 Å². The van der Waals surface area contributed by atoms with Gasteiger partial charge < -0.3 is 19.5 Å². The monoisotopic (exact) mass is 393 g/mol. The minimum atomic E-state index is -1.09. The van der Waals surface area contributed by atoms with Crippen molar-refractivity contribution in [3.8, 4) is 11.5 Å². The van der Waals surface area contributed by atoms with Crippen LogP contribution in [0.1, 0.15) is 12.5 Å². The smallest absolute Gasteiger partial charge is 0.311 e. The Balaban J connectivity index is 1.56. The Morgan fingerprint density at radius 1 is 1.19 bits per heavy atom. The number of esters is 1. The van der Waals surface area contributed by atoms with Gasteiger partial charge in [-0.05, 0) is 42.8 Å². The Kier molecular flexibility index (Phi) is 5.81. The molecule has 142 valence electrons. The average Bonchev–Trinajstić information content (AvgIpc) is 2.63. The summed E-state index contributed by atoms with van der Waals surface area (Å²) in [6.45, 7) is 2.33. The van der Waals surface area contributed by atoms with Gasteiger partial charge in [-0.25, -0.2) is 4.39 Å². The number of rotatable bonds is 5. The third-order valence-corrected chi connectivity index (χ3v) is 4.06. The fraction of sp³-hybridized carbons (Fsp3) is 0.263. The molecule has 0 spiro atoms. The fourth-order valence-corrected chi connectivity index (χ4v) is 2.64. The Bertz CT molecular complexity index is 873. The first-order chi connectivity index (χ1) is 12.9. The number of hydrogen-bond donors (Lipinski definition) is 1. The van der Waals surface area contributed by atoms with Crippen molar-refractivity contribution in [2.45, 2.75) is 19.4 Å². The van der Waals surface area contributed by atoms with E-state index in [1.807, 2.05) is 0 Å². The molecule has 6 nitrogen and oxygen atoms in total. The number of hydrogen-bond acceptors (Lipinski definition) is 5. The molecule has 0 saturated heterocycles. The summed E-state index contributed by atoms with van der Waals surface area (Å²) in [5.41, 5.74) is 0.625. The van der Waals surface area contributed by atoms with E-state index in [2.05, 4.69) is 5.32 Å². The highest BCUT2D eigenvalue weighted by molar-refractivity contribution is 6.30. The predicted molar refractivity (Wildman–Crippen MR) is 96.7 cm³/mol. The van der Waals surface area contributed by atoms with Gasteiger partial charge in [-0.1, -0.05) is 17.7 Å². The molecule has 27 heavy (non-hydrogen) atoms. The molecule has 0 saturated carbocycles. The maximum Gasteiger partial charge on any atom is 0.311 e. The van der Waals surface area contributed by atoms with Gasteiger partial charge in [0.2, 0.25) is 0 Å². The van der Waals surface area contributed by atoms with Crippen molar-refractivity contribution >= 4 is 29.2 Å². The fourth-order valence-electron chi connectivity index (χ4n) is 2.48. The molecule has 0 unspecified atom stereocenters. The lowest BCUT2D eigenvalue weighted by Gasteiger charge is -2.19. The summed E-state index contributed by atoms with van der Waals surface area (Å²) in [4.78, 5) is 24.2. The summed E-state index contributed by atoms with van der Waals surface area (Å²) >= 11 is 5.67. The summed E-state index contributed by atoms with van der Waals surface area (Å²) in [6.07, 6.45) is -1.13. The molecule has 1 N–H and O–H groups in total. The van der Waals surface area contributed by atoms with E-state index in [1.54, 1.807) is 18.2 Å². The van der Waals surface area contributed by atoms with E-state index < -0.39 is 23.8 Å². The molecule has 0 fully saturated rings. The molecule has 1 heterocycles. The SMILES string of the molecule is C[C@H](OC(=O)Cc1ccc2c(c1)OCCO2)C(=O)Nc1ccc(Cl)cc1F. The van der Waals surface area contributed by atoms with Crippen molar-refractivity contribution in [3.63, 3.8) is 0 Å². The molecule has 3 rings (SSSR count). The third-order valence-electron chi connectivity index (χ3n) is 3.82. The van der Waals surface area contributed by atoms with Crippen molar-refractivity contribution < 1.29 is 28.2 Å². The molecule has 0 radical (unpaired) electrons. The second-order valence-corrected chi connectivity index (χ2v) is 6.34. The summed E-state index contributed by atoms with van der Waals surface area (Å²) in [6, 6.07) is 9.00. The number of fused-ring (bicyclic) bond motifs is 1. The number of nitrogens with one attached hydrogen (secondary N) is 1. The van der Waals surface area contributed by atoms with Crippen molar-refractivity contribution in [2.75, 3.05) is 18.5 Å². The van der Waals surface area contributed by atoms with Crippen LogP contribution in [0.4, 0.5) is 10.1 Å². The average molecular weight is 394 g/mol. The van der Waals surface area contributed by atoms with Crippen molar-refractivity contribution in [1.29, 1.82) is 0 Å². The van der Waals surface area contributed by atoms with Crippen molar-refractivity contribution in [3.05, 3.63) is 52.8 Å². The number of ether oxygens (including phenoxy) is 3. The highest BCUT2D eigenvalue weighted by Gasteiger charge is 2.20. The van der Waals surface area contributed by atoms with E-state index in [4.69, 9.17) is 25.8 Å². The zero-order valence-corrected chi connectivity index (χ0v) is 15.2. The minimum Gasteiger partial charge on any atom is -0.486 e. The molecular weight excluding hydrogens is 377 g/mol. The lowest BCUT2D eigenvalue weighted by atomic mass is 10.1. The molecule has 2 aromatic carbocycles. The summed E-state index contributed by atoms with van der Waals surface area (Å²) in [5, 5.41) is 2.57. The van der Waals surface area contributed by atoms with E-state index in [0.717, 1.165) is 6.07 Å². The summed E-state index contributed by atoms with van der Waals surface area (Å²) in [5.74, 6) is -0.727. The summed E-state index contributed by atoms with van der Waals surface area (Å²) in [7, 11) is 0. The van der Waals surface area contributed by atoms with Crippen LogP contribution in [0.15, 0.2) is 36.4 Å². The van der Waals surface area contributed by atoms with Gasteiger partial charge in [-0.3, -0.25) is 9.59 Å². The Labute approximate surface area is 160 Å². The number of halogens is 2. The lowest BCUT2D eigenvalue weighted by Crippen LogP contribution is -2.30. The van der Waals surface area contributed by atoms with Crippen LogP contribution in [0.3, 0.4) is 0 Å². The van der Waals surface area contributed by atoms with Crippen LogP contribution >= 0.6 is 11.6 Å². The van der Waals surface area contributed by atoms with E-state index in [9.17, 15) is 14.0 Å². The Morgan fingerprint density at radius 3 is 2.67 bits per heavy atom. The van der Waals surface area contributed by atoms with Crippen LogP contribution in [0.2, 0.25) is 5.02 Å². The number of benzene rings is 2. The number of amides is 1. The third kappa shape index (κ3) is 4.89. The predicted octanol–water partition coefficient (Wildman–Crippen LogP) is 3.36. The Hall–Kier alpha value is -2.80. The standard InChI is InChI=1S/C19H17ClFNO5/c1-11(19(24)22-15-4-3-13(20)10-14(15)21)27-18(23)9-12-2-5-16-17(8-12)26-7-6-25-16/h2-5,8,10-11H,6-7,9H2,1H3,(H,22,24)/t11-/m0/s1. The maximum absolute atomic E-state index is 13.7.